The van der Waals surface area contributed by atoms with Crippen molar-refractivity contribution in [1.82, 2.24) is 9.80 Å². The molecule has 38 heavy (non-hydrogen) atoms. The van der Waals surface area contributed by atoms with Crippen LogP contribution in [0.4, 0.5) is 0 Å². The lowest BCUT2D eigenvalue weighted by Gasteiger charge is -2.17. The summed E-state index contributed by atoms with van der Waals surface area (Å²) in [4.78, 5) is 4.58. The summed E-state index contributed by atoms with van der Waals surface area (Å²) in [5, 5.41) is 0. The highest BCUT2D eigenvalue weighted by Gasteiger charge is 2.05. The van der Waals surface area contributed by atoms with Crippen LogP contribution in [-0.2, 0) is 22.7 Å². The molecule has 4 nitrogen and oxygen atoms in total. The molecule has 0 heterocycles. The van der Waals surface area contributed by atoms with E-state index in [4.69, 9.17) is 9.47 Å². The Kier molecular flexibility index (Phi) is 18.1. The van der Waals surface area contributed by atoms with Gasteiger partial charge in [-0.2, -0.15) is 0 Å². The zero-order valence-corrected chi connectivity index (χ0v) is 25.1. The molecule has 0 fully saturated rings. The molecule has 2 aromatic carbocycles. The molecule has 0 aliphatic heterocycles. The van der Waals surface area contributed by atoms with Gasteiger partial charge in [-0.1, -0.05) is 114 Å². The molecular formula is C34H56N2O2. The van der Waals surface area contributed by atoms with Crippen molar-refractivity contribution in [2.75, 3.05) is 40.6 Å². The third-order valence-electron chi connectivity index (χ3n) is 7.13. The number of ether oxygens (including phenoxy) is 2. The van der Waals surface area contributed by atoms with Gasteiger partial charge in [0.15, 0.2) is 0 Å². The van der Waals surface area contributed by atoms with Crippen LogP contribution in [0.3, 0.4) is 0 Å². The molecule has 0 bridgehead atoms. The molecule has 4 heteroatoms. The summed E-state index contributed by atoms with van der Waals surface area (Å²) in [5.74, 6) is 0. The quantitative estimate of drug-likeness (QED) is 0.107. The van der Waals surface area contributed by atoms with E-state index >= 15 is 0 Å². The van der Waals surface area contributed by atoms with Gasteiger partial charge in [0.2, 0.25) is 0 Å². The Hall–Kier alpha value is -1.72. The largest absolute Gasteiger partial charge is 0.361 e. The molecule has 0 radical (unpaired) electrons. The molecule has 0 saturated heterocycles. The Morgan fingerprint density at radius 1 is 0.526 bits per heavy atom. The third kappa shape index (κ3) is 15.0. The molecule has 214 valence electrons. The Morgan fingerprint density at radius 2 is 0.921 bits per heavy atom. The number of unbranched alkanes of at least 4 members (excludes halogenated alkanes) is 10. The highest BCUT2D eigenvalue weighted by atomic mass is 16.5. The lowest BCUT2D eigenvalue weighted by atomic mass is 10.0. The predicted molar refractivity (Wildman–Crippen MR) is 163 cm³/mol. The predicted octanol–water partition coefficient (Wildman–Crippen LogP) is 8.89. The van der Waals surface area contributed by atoms with Crippen molar-refractivity contribution in [3.8, 4) is 11.1 Å². The highest BCUT2D eigenvalue weighted by Crippen LogP contribution is 2.22. The highest BCUT2D eigenvalue weighted by molar-refractivity contribution is 5.64. The van der Waals surface area contributed by atoms with Crippen LogP contribution in [0.1, 0.15) is 102 Å². The first-order valence-corrected chi connectivity index (χ1v) is 15.3. The molecule has 0 spiro atoms. The minimum absolute atomic E-state index is 0.641. The van der Waals surface area contributed by atoms with Crippen molar-refractivity contribution >= 4 is 0 Å². The van der Waals surface area contributed by atoms with Crippen LogP contribution in [-0.4, -0.2) is 50.4 Å². The van der Waals surface area contributed by atoms with Gasteiger partial charge in [-0.15, -0.1) is 0 Å². The SMILES string of the molecule is CCCCCCCCN(C)COCc1cccc(-c2cccc(COCN(C)CCCCCCCC)c2)c1. The summed E-state index contributed by atoms with van der Waals surface area (Å²) in [6.07, 6.45) is 16.0. The van der Waals surface area contributed by atoms with Gasteiger partial charge in [0.1, 0.15) is 0 Å². The molecule has 0 N–H and O–H groups in total. The number of nitrogens with zero attached hydrogens (tertiary/aromatic N) is 2. The lowest BCUT2D eigenvalue weighted by molar-refractivity contribution is 0.0315. The van der Waals surface area contributed by atoms with Gasteiger partial charge in [0.25, 0.3) is 0 Å². The standard InChI is InChI=1S/C34H56N2O2/c1-5-7-9-11-13-15-23-35(3)29-37-27-31-19-17-21-33(25-31)34-22-18-20-32(26-34)28-38-30-36(4)24-16-14-12-10-8-6-2/h17-22,25-26H,5-16,23-24,27-30H2,1-4H3. The van der Waals surface area contributed by atoms with Gasteiger partial charge >= 0.3 is 0 Å². The number of hydrogen-bond acceptors (Lipinski definition) is 4. The number of benzene rings is 2. The Balaban J connectivity index is 1.69. The zero-order valence-electron chi connectivity index (χ0n) is 25.1. The summed E-state index contributed by atoms with van der Waals surface area (Å²) < 4.78 is 12.0. The molecule has 0 aromatic heterocycles. The summed E-state index contributed by atoms with van der Waals surface area (Å²) in [7, 11) is 4.31. The second-order valence-electron chi connectivity index (χ2n) is 11.1. The lowest BCUT2D eigenvalue weighted by Crippen LogP contribution is -2.22. The van der Waals surface area contributed by atoms with Gasteiger partial charge in [-0.25, -0.2) is 0 Å². The Morgan fingerprint density at radius 3 is 1.34 bits per heavy atom. The molecule has 0 unspecified atom stereocenters. The van der Waals surface area contributed by atoms with E-state index in [-0.39, 0.29) is 0 Å². The fourth-order valence-electron chi connectivity index (χ4n) is 4.77. The maximum Gasteiger partial charge on any atom is 0.0992 e. The van der Waals surface area contributed by atoms with E-state index in [0.29, 0.717) is 26.7 Å². The molecular weight excluding hydrogens is 468 g/mol. The van der Waals surface area contributed by atoms with Crippen LogP contribution >= 0.6 is 0 Å². The summed E-state index contributed by atoms with van der Waals surface area (Å²) in [6.45, 7) is 9.40. The van der Waals surface area contributed by atoms with Crippen molar-refractivity contribution < 1.29 is 9.47 Å². The monoisotopic (exact) mass is 524 g/mol. The van der Waals surface area contributed by atoms with Gasteiger partial charge in [-0.3, -0.25) is 9.80 Å². The Labute approximate surface area is 234 Å². The molecule has 0 aliphatic rings. The second-order valence-corrected chi connectivity index (χ2v) is 11.1. The summed E-state index contributed by atoms with van der Waals surface area (Å²) in [5.41, 5.74) is 4.89. The average Bonchev–Trinajstić information content (AvgIpc) is 2.93. The van der Waals surface area contributed by atoms with Crippen LogP contribution in [0.5, 0.6) is 0 Å². The van der Waals surface area contributed by atoms with Crippen LogP contribution in [0.2, 0.25) is 0 Å². The van der Waals surface area contributed by atoms with Crippen LogP contribution in [0.15, 0.2) is 48.5 Å². The van der Waals surface area contributed by atoms with E-state index < -0.39 is 0 Å². The number of hydrogen-bond donors (Lipinski definition) is 0. The normalized spacial score (nSPS) is 11.6. The maximum absolute atomic E-state index is 6.02. The van der Waals surface area contributed by atoms with E-state index in [2.05, 4.69) is 86.3 Å². The molecule has 0 saturated carbocycles. The first-order chi connectivity index (χ1) is 18.6. The zero-order chi connectivity index (χ0) is 27.3. The first kappa shape index (κ1) is 32.5. The van der Waals surface area contributed by atoms with E-state index in [0.717, 1.165) is 13.1 Å². The molecule has 2 rings (SSSR count). The minimum atomic E-state index is 0.641. The van der Waals surface area contributed by atoms with E-state index in [1.165, 1.54) is 99.3 Å². The molecule has 0 atom stereocenters. The van der Waals surface area contributed by atoms with Crippen LogP contribution in [0.25, 0.3) is 11.1 Å². The smallest absolute Gasteiger partial charge is 0.0992 e. The van der Waals surface area contributed by atoms with Crippen LogP contribution < -0.4 is 0 Å². The maximum atomic E-state index is 6.02. The third-order valence-corrected chi connectivity index (χ3v) is 7.13. The van der Waals surface area contributed by atoms with Crippen LogP contribution in [0, 0.1) is 0 Å². The molecule has 0 amide bonds. The second kappa shape index (κ2) is 21.1. The van der Waals surface area contributed by atoms with E-state index in [9.17, 15) is 0 Å². The van der Waals surface area contributed by atoms with Crippen molar-refractivity contribution in [2.45, 2.75) is 104 Å². The molecule has 0 aliphatic carbocycles. The van der Waals surface area contributed by atoms with Crippen molar-refractivity contribution in [3.05, 3.63) is 59.7 Å². The van der Waals surface area contributed by atoms with E-state index in [1.54, 1.807) is 0 Å². The fourth-order valence-corrected chi connectivity index (χ4v) is 4.77. The average molecular weight is 525 g/mol. The Bertz CT molecular complexity index is 771. The topological polar surface area (TPSA) is 24.9 Å². The summed E-state index contributed by atoms with van der Waals surface area (Å²) in [6, 6.07) is 17.4. The first-order valence-electron chi connectivity index (χ1n) is 15.3. The van der Waals surface area contributed by atoms with Gasteiger partial charge < -0.3 is 9.47 Å². The van der Waals surface area contributed by atoms with Gasteiger partial charge in [0, 0.05) is 0 Å². The molecule has 2 aromatic rings. The fraction of sp³-hybridized carbons (Fsp3) is 0.647. The van der Waals surface area contributed by atoms with Crippen molar-refractivity contribution in [3.63, 3.8) is 0 Å². The number of rotatable bonds is 23. The van der Waals surface area contributed by atoms with E-state index in [1.807, 2.05) is 0 Å². The van der Waals surface area contributed by atoms with Crippen molar-refractivity contribution in [1.29, 1.82) is 0 Å². The summed E-state index contributed by atoms with van der Waals surface area (Å²) >= 11 is 0. The van der Waals surface area contributed by atoms with Gasteiger partial charge in [0.05, 0.1) is 26.7 Å². The van der Waals surface area contributed by atoms with Gasteiger partial charge in [-0.05, 0) is 74.4 Å². The minimum Gasteiger partial charge on any atom is -0.361 e. The van der Waals surface area contributed by atoms with Crippen molar-refractivity contribution in [2.24, 2.45) is 0 Å².